The summed E-state index contributed by atoms with van der Waals surface area (Å²) in [6.07, 6.45) is 6.93. The third-order valence-corrected chi connectivity index (χ3v) is 4.73. The largest absolute Gasteiger partial charge is 0.303 e. The first-order valence-corrected chi connectivity index (χ1v) is 6.83. The minimum Gasteiger partial charge on any atom is -0.303 e. The smallest absolute Gasteiger partial charge is 0.0942 e. The predicted octanol–water partition coefficient (Wildman–Crippen LogP) is 3.70. The molecule has 0 amide bonds. The van der Waals surface area contributed by atoms with E-state index in [9.17, 15) is 5.26 Å². The Labute approximate surface area is 108 Å². The van der Waals surface area contributed by atoms with Crippen molar-refractivity contribution in [2.24, 2.45) is 11.3 Å². The van der Waals surface area contributed by atoms with E-state index in [0.29, 0.717) is 5.71 Å². The van der Waals surface area contributed by atoms with Gasteiger partial charge < -0.3 is 5.41 Å². The summed E-state index contributed by atoms with van der Waals surface area (Å²) < 4.78 is 0. The molecule has 0 aromatic heterocycles. The van der Waals surface area contributed by atoms with Gasteiger partial charge in [0.15, 0.2) is 0 Å². The van der Waals surface area contributed by atoms with Crippen LogP contribution in [0.5, 0.6) is 0 Å². The molecule has 1 saturated carbocycles. The van der Waals surface area contributed by atoms with Gasteiger partial charge in [0.1, 0.15) is 0 Å². The number of hydrogen-bond acceptors (Lipinski definition) is 2. The first-order chi connectivity index (χ1) is 8.77. The predicted molar refractivity (Wildman–Crippen MR) is 71.6 cm³/mol. The van der Waals surface area contributed by atoms with Crippen LogP contribution in [0.25, 0.3) is 0 Å². The average Bonchev–Trinajstić information content (AvgIpc) is 2.40. The van der Waals surface area contributed by atoms with Gasteiger partial charge in [-0.3, -0.25) is 0 Å². The molecule has 0 unspecified atom stereocenters. The molecule has 92 valence electrons. The highest BCUT2D eigenvalue weighted by Gasteiger charge is 2.46. The van der Waals surface area contributed by atoms with E-state index in [2.05, 4.69) is 18.2 Å². The summed E-state index contributed by atoms with van der Waals surface area (Å²) in [6, 6.07) is 10.6. The van der Waals surface area contributed by atoms with Crippen molar-refractivity contribution in [1.82, 2.24) is 0 Å². The molecule has 18 heavy (non-hydrogen) atoms. The van der Waals surface area contributed by atoms with E-state index < -0.39 is 0 Å². The van der Waals surface area contributed by atoms with Gasteiger partial charge >= 0.3 is 0 Å². The number of hydrogen-bond donors (Lipinski definition) is 1. The Bertz CT molecular complexity index is 518. The van der Waals surface area contributed by atoms with Crippen LogP contribution in [0, 0.1) is 28.1 Å². The highest BCUT2D eigenvalue weighted by Crippen LogP contribution is 2.49. The van der Waals surface area contributed by atoms with Crippen molar-refractivity contribution in [3.63, 3.8) is 0 Å². The number of nitrogens with zero attached hydrogens (tertiary/aromatic N) is 1. The van der Waals surface area contributed by atoms with Gasteiger partial charge in [-0.2, -0.15) is 5.26 Å². The summed E-state index contributed by atoms with van der Waals surface area (Å²) in [5.74, 6) is -0.201. The highest BCUT2D eigenvalue weighted by molar-refractivity contribution is 6.04. The standard InChI is InChI=1S/C16H18N2/c17-11-14-15(18)13-7-3-2-6-12(13)10-16(14)8-4-1-5-9-16/h2-3,6-7,14,18H,1,4-5,8-10H2/t14-/m1/s1. The van der Waals surface area contributed by atoms with Gasteiger partial charge in [-0.25, -0.2) is 0 Å². The Kier molecular flexibility index (Phi) is 2.70. The van der Waals surface area contributed by atoms with Gasteiger partial charge in [-0.1, -0.05) is 43.5 Å². The quantitative estimate of drug-likeness (QED) is 0.736. The molecule has 1 spiro atoms. The summed E-state index contributed by atoms with van der Waals surface area (Å²) in [5, 5.41) is 17.9. The molecule has 0 heterocycles. The zero-order valence-corrected chi connectivity index (χ0v) is 10.6. The lowest BCUT2D eigenvalue weighted by Crippen LogP contribution is -2.42. The first-order valence-electron chi connectivity index (χ1n) is 6.83. The van der Waals surface area contributed by atoms with Gasteiger partial charge in [-0.05, 0) is 35.8 Å². The van der Waals surface area contributed by atoms with Crippen LogP contribution < -0.4 is 0 Å². The molecular weight excluding hydrogens is 220 g/mol. The molecule has 0 saturated heterocycles. The maximum Gasteiger partial charge on any atom is 0.0942 e. The number of benzene rings is 1. The molecule has 2 aliphatic carbocycles. The third kappa shape index (κ3) is 1.58. The van der Waals surface area contributed by atoms with Crippen LogP contribution in [0.15, 0.2) is 24.3 Å². The van der Waals surface area contributed by atoms with Crippen molar-refractivity contribution < 1.29 is 0 Å². The number of nitrogens with one attached hydrogen (secondary N) is 1. The van der Waals surface area contributed by atoms with Gasteiger partial charge in [0, 0.05) is 0 Å². The van der Waals surface area contributed by atoms with E-state index in [4.69, 9.17) is 5.41 Å². The molecule has 2 heteroatoms. The van der Waals surface area contributed by atoms with Crippen LogP contribution in [-0.4, -0.2) is 5.71 Å². The zero-order valence-electron chi connectivity index (χ0n) is 10.6. The molecule has 3 rings (SSSR count). The van der Waals surface area contributed by atoms with E-state index >= 15 is 0 Å². The second kappa shape index (κ2) is 4.24. The van der Waals surface area contributed by atoms with Crippen LogP contribution in [0.1, 0.15) is 43.2 Å². The molecule has 2 nitrogen and oxygen atoms in total. The van der Waals surface area contributed by atoms with Crippen molar-refractivity contribution >= 4 is 5.71 Å². The Morgan fingerprint density at radius 1 is 1.17 bits per heavy atom. The van der Waals surface area contributed by atoms with Crippen molar-refractivity contribution in [3.05, 3.63) is 35.4 Å². The summed E-state index contributed by atoms with van der Waals surface area (Å²) >= 11 is 0. The van der Waals surface area contributed by atoms with Gasteiger partial charge in [0.25, 0.3) is 0 Å². The molecule has 0 radical (unpaired) electrons. The highest BCUT2D eigenvalue weighted by atomic mass is 14.6. The van der Waals surface area contributed by atoms with E-state index in [1.807, 2.05) is 12.1 Å². The molecule has 2 aliphatic rings. The molecule has 1 N–H and O–H groups in total. The van der Waals surface area contributed by atoms with Crippen molar-refractivity contribution in [2.75, 3.05) is 0 Å². The van der Waals surface area contributed by atoms with Gasteiger partial charge in [-0.15, -0.1) is 0 Å². The minimum absolute atomic E-state index is 0.0540. The monoisotopic (exact) mass is 238 g/mol. The Balaban J connectivity index is 2.08. The summed E-state index contributed by atoms with van der Waals surface area (Å²) in [4.78, 5) is 0. The molecule has 1 fully saturated rings. The summed E-state index contributed by atoms with van der Waals surface area (Å²) in [5.41, 5.74) is 2.88. The van der Waals surface area contributed by atoms with Crippen LogP contribution in [0.3, 0.4) is 0 Å². The van der Waals surface area contributed by atoms with E-state index in [-0.39, 0.29) is 11.3 Å². The van der Waals surface area contributed by atoms with Crippen molar-refractivity contribution in [1.29, 1.82) is 10.7 Å². The fourth-order valence-electron chi connectivity index (χ4n) is 3.80. The molecule has 1 atom stereocenters. The van der Waals surface area contributed by atoms with Gasteiger partial charge in [0.05, 0.1) is 17.7 Å². The second-order valence-electron chi connectivity index (χ2n) is 5.73. The van der Waals surface area contributed by atoms with Gasteiger partial charge in [0.2, 0.25) is 0 Å². The normalized spacial score (nSPS) is 25.5. The fraction of sp³-hybridized carbons (Fsp3) is 0.500. The minimum atomic E-state index is -0.201. The third-order valence-electron chi connectivity index (χ3n) is 4.73. The van der Waals surface area contributed by atoms with Crippen LogP contribution in [0.4, 0.5) is 0 Å². The summed E-state index contributed by atoms with van der Waals surface area (Å²) in [7, 11) is 0. The lowest BCUT2D eigenvalue weighted by atomic mass is 9.58. The van der Waals surface area contributed by atoms with Crippen LogP contribution in [-0.2, 0) is 6.42 Å². The Hall–Kier alpha value is -1.62. The van der Waals surface area contributed by atoms with E-state index in [0.717, 1.165) is 24.8 Å². The molecular formula is C16H18N2. The van der Waals surface area contributed by atoms with E-state index in [1.165, 1.54) is 24.8 Å². The average molecular weight is 238 g/mol. The lowest BCUT2D eigenvalue weighted by Gasteiger charge is -2.44. The molecule has 1 aromatic rings. The van der Waals surface area contributed by atoms with E-state index in [1.54, 1.807) is 0 Å². The Morgan fingerprint density at radius 2 is 1.89 bits per heavy atom. The van der Waals surface area contributed by atoms with Crippen LogP contribution >= 0.6 is 0 Å². The van der Waals surface area contributed by atoms with Crippen molar-refractivity contribution in [2.45, 2.75) is 38.5 Å². The number of fused-ring (bicyclic) bond motifs is 1. The molecule has 0 aliphatic heterocycles. The molecule has 1 aromatic carbocycles. The number of rotatable bonds is 0. The first kappa shape index (κ1) is 11.5. The topological polar surface area (TPSA) is 47.6 Å². The SMILES string of the molecule is N#C[C@@H]1C(=N)c2ccccc2CC12CCCCC2. The van der Waals surface area contributed by atoms with Crippen LogP contribution in [0.2, 0.25) is 0 Å². The Morgan fingerprint density at radius 3 is 2.61 bits per heavy atom. The fourth-order valence-corrected chi connectivity index (χ4v) is 3.80. The maximum atomic E-state index is 9.51. The maximum absolute atomic E-state index is 9.51. The van der Waals surface area contributed by atoms with Crippen molar-refractivity contribution in [3.8, 4) is 6.07 Å². The zero-order chi connectivity index (χ0) is 12.6. The second-order valence-corrected chi connectivity index (χ2v) is 5.73. The number of nitriles is 1. The molecule has 0 bridgehead atoms. The lowest BCUT2D eigenvalue weighted by molar-refractivity contribution is 0.157. The summed E-state index contributed by atoms with van der Waals surface area (Å²) in [6.45, 7) is 0.